The molecule has 0 saturated heterocycles. The highest BCUT2D eigenvalue weighted by molar-refractivity contribution is 5.95. The zero-order valence-corrected chi connectivity index (χ0v) is 12.2. The second-order valence-corrected chi connectivity index (χ2v) is 5.28. The van der Waals surface area contributed by atoms with Crippen LogP contribution >= 0.6 is 0 Å². The van der Waals surface area contributed by atoms with E-state index in [2.05, 4.69) is 9.97 Å². The van der Waals surface area contributed by atoms with Crippen molar-refractivity contribution < 1.29 is 13.6 Å². The predicted molar refractivity (Wildman–Crippen MR) is 75.3 cm³/mol. The van der Waals surface area contributed by atoms with Gasteiger partial charge in [-0.05, 0) is 30.0 Å². The van der Waals surface area contributed by atoms with Crippen LogP contribution in [-0.4, -0.2) is 15.8 Å². The van der Waals surface area contributed by atoms with E-state index in [0.29, 0.717) is 11.3 Å². The maximum absolute atomic E-state index is 13.7. The van der Waals surface area contributed by atoms with E-state index in [-0.39, 0.29) is 29.4 Å². The fourth-order valence-corrected chi connectivity index (χ4v) is 2.00. The van der Waals surface area contributed by atoms with Crippen LogP contribution in [0.2, 0.25) is 0 Å². The van der Waals surface area contributed by atoms with Crippen LogP contribution in [0.15, 0.2) is 24.5 Å². The molecule has 0 unspecified atom stereocenters. The first-order valence-electron chi connectivity index (χ1n) is 6.68. The van der Waals surface area contributed by atoms with Gasteiger partial charge in [0.25, 0.3) is 0 Å². The van der Waals surface area contributed by atoms with Gasteiger partial charge in [-0.15, -0.1) is 0 Å². The lowest BCUT2D eigenvalue weighted by Gasteiger charge is -2.10. The molecule has 2 rings (SSSR count). The van der Waals surface area contributed by atoms with Gasteiger partial charge in [0.15, 0.2) is 17.4 Å². The molecule has 0 aliphatic rings. The molecule has 0 aliphatic heterocycles. The molecule has 1 aromatic heterocycles. The van der Waals surface area contributed by atoms with E-state index < -0.39 is 11.6 Å². The van der Waals surface area contributed by atoms with Crippen LogP contribution in [-0.2, 0) is 6.42 Å². The van der Waals surface area contributed by atoms with Crippen molar-refractivity contribution in [1.29, 1.82) is 0 Å². The third-order valence-electron chi connectivity index (χ3n) is 3.17. The van der Waals surface area contributed by atoms with Crippen molar-refractivity contribution in [3.05, 3.63) is 58.7 Å². The van der Waals surface area contributed by atoms with Gasteiger partial charge in [0.1, 0.15) is 5.69 Å². The Hall–Kier alpha value is -2.17. The molecule has 0 bridgehead atoms. The maximum atomic E-state index is 13.7. The second kappa shape index (κ2) is 6.08. The third kappa shape index (κ3) is 3.48. The highest BCUT2D eigenvalue weighted by Gasteiger charge is 2.16. The first kappa shape index (κ1) is 15.2. The largest absolute Gasteiger partial charge is 0.292 e. The van der Waals surface area contributed by atoms with E-state index in [9.17, 15) is 13.6 Å². The number of rotatable bonds is 4. The lowest BCUT2D eigenvalue weighted by atomic mass is 9.97. The number of carbonyl (C=O) groups is 1. The number of nitrogens with zero attached hydrogens (tertiary/aromatic N) is 2. The summed E-state index contributed by atoms with van der Waals surface area (Å²) in [5, 5.41) is 0. The van der Waals surface area contributed by atoms with Gasteiger partial charge >= 0.3 is 0 Å². The van der Waals surface area contributed by atoms with Crippen molar-refractivity contribution in [3.63, 3.8) is 0 Å². The van der Waals surface area contributed by atoms with Crippen LogP contribution in [0.1, 0.15) is 47.1 Å². The van der Waals surface area contributed by atoms with E-state index in [1.165, 1.54) is 18.5 Å². The van der Waals surface area contributed by atoms with E-state index in [4.69, 9.17) is 0 Å². The lowest BCUT2D eigenvalue weighted by Crippen LogP contribution is -2.08. The standard InChI is InChI=1S/C16H16F2N2O/c1-9(2)12-4-11(5-13(17)16(12)18)6-15(21)14-8-19-10(3)7-20-14/h4-5,7-9H,6H2,1-3H3. The van der Waals surface area contributed by atoms with Crippen molar-refractivity contribution >= 4 is 5.78 Å². The number of ketones is 1. The Morgan fingerprint density at radius 2 is 1.90 bits per heavy atom. The molecule has 0 fully saturated rings. The van der Waals surface area contributed by atoms with Crippen LogP contribution < -0.4 is 0 Å². The summed E-state index contributed by atoms with van der Waals surface area (Å²) < 4.78 is 27.2. The normalized spacial score (nSPS) is 11.0. The summed E-state index contributed by atoms with van der Waals surface area (Å²) in [5.74, 6) is -2.22. The molecule has 3 nitrogen and oxygen atoms in total. The average Bonchev–Trinajstić information content (AvgIpc) is 2.43. The SMILES string of the molecule is Cc1cnc(C(=O)Cc2cc(F)c(F)c(C(C)C)c2)cn1. The zero-order valence-electron chi connectivity index (χ0n) is 12.2. The van der Waals surface area contributed by atoms with E-state index in [0.717, 1.165) is 6.07 Å². The molecule has 21 heavy (non-hydrogen) atoms. The second-order valence-electron chi connectivity index (χ2n) is 5.28. The molecule has 0 atom stereocenters. The highest BCUT2D eigenvalue weighted by Crippen LogP contribution is 2.23. The fraction of sp³-hybridized carbons (Fsp3) is 0.312. The number of halogens is 2. The van der Waals surface area contributed by atoms with Gasteiger partial charge in [-0.3, -0.25) is 9.78 Å². The number of Topliss-reactive ketones (excluding diaryl/α,β-unsaturated/α-hetero) is 1. The molecule has 110 valence electrons. The highest BCUT2D eigenvalue weighted by atomic mass is 19.2. The summed E-state index contributed by atoms with van der Waals surface area (Å²) >= 11 is 0. The number of carbonyl (C=O) groups excluding carboxylic acids is 1. The summed E-state index contributed by atoms with van der Waals surface area (Å²) in [4.78, 5) is 20.1. The fourth-order valence-electron chi connectivity index (χ4n) is 2.00. The van der Waals surface area contributed by atoms with Crippen molar-refractivity contribution in [1.82, 2.24) is 9.97 Å². The van der Waals surface area contributed by atoms with Gasteiger partial charge in [-0.1, -0.05) is 19.9 Å². The summed E-state index contributed by atoms with van der Waals surface area (Å²) in [6.07, 6.45) is 2.85. The number of aryl methyl sites for hydroxylation is 1. The Morgan fingerprint density at radius 1 is 1.19 bits per heavy atom. The molecule has 5 heteroatoms. The quantitative estimate of drug-likeness (QED) is 0.808. The van der Waals surface area contributed by atoms with E-state index in [1.807, 2.05) is 0 Å². The van der Waals surface area contributed by atoms with E-state index in [1.54, 1.807) is 20.8 Å². The Labute approximate surface area is 122 Å². The van der Waals surface area contributed by atoms with Crippen LogP contribution in [0.25, 0.3) is 0 Å². The zero-order chi connectivity index (χ0) is 15.6. The number of benzene rings is 1. The molecular formula is C16H16F2N2O. The number of hydrogen-bond donors (Lipinski definition) is 0. The molecule has 1 aromatic carbocycles. The minimum atomic E-state index is -0.931. The van der Waals surface area contributed by atoms with E-state index >= 15 is 0 Å². The number of hydrogen-bond acceptors (Lipinski definition) is 3. The Bertz CT molecular complexity index is 667. The number of aromatic nitrogens is 2. The molecule has 0 spiro atoms. The molecule has 0 saturated carbocycles. The predicted octanol–water partition coefficient (Wildman–Crippen LogP) is 3.61. The minimum Gasteiger partial charge on any atom is -0.292 e. The van der Waals surface area contributed by atoms with Gasteiger partial charge in [-0.25, -0.2) is 13.8 Å². The van der Waals surface area contributed by atoms with Gasteiger partial charge in [0, 0.05) is 12.6 Å². The average molecular weight is 290 g/mol. The van der Waals surface area contributed by atoms with Crippen LogP contribution in [0.3, 0.4) is 0 Å². The summed E-state index contributed by atoms with van der Waals surface area (Å²) in [7, 11) is 0. The molecule has 0 aliphatic carbocycles. The van der Waals surface area contributed by atoms with Crippen molar-refractivity contribution in [2.75, 3.05) is 0 Å². The Morgan fingerprint density at radius 3 is 2.48 bits per heavy atom. The smallest absolute Gasteiger partial charge is 0.187 e. The Balaban J connectivity index is 2.27. The molecule has 2 aromatic rings. The molecule has 1 heterocycles. The molecular weight excluding hydrogens is 274 g/mol. The van der Waals surface area contributed by atoms with Crippen molar-refractivity contribution in [3.8, 4) is 0 Å². The van der Waals surface area contributed by atoms with Gasteiger partial charge in [0.2, 0.25) is 0 Å². The molecule has 0 amide bonds. The lowest BCUT2D eigenvalue weighted by molar-refractivity contribution is 0.0987. The topological polar surface area (TPSA) is 42.9 Å². The monoisotopic (exact) mass is 290 g/mol. The van der Waals surface area contributed by atoms with Gasteiger partial charge < -0.3 is 0 Å². The third-order valence-corrected chi connectivity index (χ3v) is 3.17. The van der Waals surface area contributed by atoms with Crippen molar-refractivity contribution in [2.45, 2.75) is 33.1 Å². The summed E-state index contributed by atoms with van der Waals surface area (Å²) in [5.41, 5.74) is 1.63. The van der Waals surface area contributed by atoms with Crippen LogP contribution in [0.5, 0.6) is 0 Å². The Kier molecular flexibility index (Phi) is 4.40. The minimum absolute atomic E-state index is 0.0331. The maximum Gasteiger partial charge on any atom is 0.187 e. The van der Waals surface area contributed by atoms with Crippen LogP contribution in [0, 0.1) is 18.6 Å². The van der Waals surface area contributed by atoms with Gasteiger partial charge in [0.05, 0.1) is 11.9 Å². The summed E-state index contributed by atoms with van der Waals surface area (Å²) in [6.45, 7) is 5.31. The van der Waals surface area contributed by atoms with Crippen molar-refractivity contribution in [2.24, 2.45) is 0 Å². The first-order chi connectivity index (χ1) is 9.88. The van der Waals surface area contributed by atoms with Crippen LogP contribution in [0.4, 0.5) is 8.78 Å². The molecule has 0 radical (unpaired) electrons. The summed E-state index contributed by atoms with van der Waals surface area (Å²) in [6, 6.07) is 2.59. The van der Waals surface area contributed by atoms with Gasteiger partial charge in [-0.2, -0.15) is 0 Å². The first-order valence-corrected chi connectivity index (χ1v) is 6.68. The molecule has 0 N–H and O–H groups in total.